The number of thiocarbonyl (C=S) groups is 1. The first kappa shape index (κ1) is 14.0. The molecule has 0 fully saturated rings. The van der Waals surface area contributed by atoms with Crippen LogP contribution in [0.15, 0.2) is 46.9 Å². The van der Waals surface area contributed by atoms with E-state index in [0.29, 0.717) is 4.99 Å². The lowest BCUT2D eigenvalue weighted by atomic mass is 10.1. The van der Waals surface area contributed by atoms with Crippen molar-refractivity contribution in [2.24, 2.45) is 5.73 Å². The number of hydrogen-bond donors (Lipinski definition) is 1. The van der Waals surface area contributed by atoms with Crippen LogP contribution in [0.3, 0.4) is 0 Å². The second-order valence-electron chi connectivity index (χ2n) is 4.06. The van der Waals surface area contributed by atoms with Gasteiger partial charge in [-0.05, 0) is 36.4 Å². The molecule has 2 aromatic carbocycles. The van der Waals surface area contributed by atoms with Crippen LogP contribution in [0.1, 0.15) is 5.56 Å². The molecule has 0 bridgehead atoms. The molecule has 19 heavy (non-hydrogen) atoms. The normalized spacial score (nSPS) is 10.3. The van der Waals surface area contributed by atoms with Crippen molar-refractivity contribution in [1.29, 1.82) is 0 Å². The van der Waals surface area contributed by atoms with Crippen LogP contribution < -0.4 is 10.6 Å². The summed E-state index contributed by atoms with van der Waals surface area (Å²) < 4.78 is 14.2. The maximum absolute atomic E-state index is 13.3. The van der Waals surface area contributed by atoms with E-state index in [2.05, 4.69) is 15.9 Å². The molecule has 2 aromatic rings. The summed E-state index contributed by atoms with van der Waals surface area (Å²) in [7, 11) is 1.85. The van der Waals surface area contributed by atoms with E-state index in [1.165, 1.54) is 12.1 Å². The average Bonchev–Trinajstić information content (AvgIpc) is 2.37. The SMILES string of the molecule is CN(c1cccc(F)c1)c1ccc(Br)cc1C(N)=S. The molecular formula is C14H12BrFN2S. The number of benzene rings is 2. The Labute approximate surface area is 125 Å². The number of hydrogen-bond acceptors (Lipinski definition) is 2. The summed E-state index contributed by atoms with van der Waals surface area (Å²) in [4.78, 5) is 2.16. The molecule has 0 aliphatic rings. The van der Waals surface area contributed by atoms with E-state index in [1.807, 2.05) is 36.2 Å². The van der Waals surface area contributed by atoms with Gasteiger partial charge in [0, 0.05) is 22.8 Å². The molecule has 5 heteroatoms. The van der Waals surface area contributed by atoms with Gasteiger partial charge >= 0.3 is 0 Å². The molecule has 0 atom stereocenters. The third kappa shape index (κ3) is 3.11. The van der Waals surface area contributed by atoms with Crippen molar-refractivity contribution in [2.45, 2.75) is 0 Å². The number of halogens is 2. The van der Waals surface area contributed by atoms with Gasteiger partial charge in [0.05, 0.1) is 5.69 Å². The second kappa shape index (κ2) is 5.67. The summed E-state index contributed by atoms with van der Waals surface area (Å²) in [5, 5.41) is 0. The minimum Gasteiger partial charge on any atom is -0.389 e. The highest BCUT2D eigenvalue weighted by Gasteiger charge is 2.12. The summed E-state index contributed by atoms with van der Waals surface area (Å²) in [5.74, 6) is -0.279. The first-order valence-corrected chi connectivity index (χ1v) is 6.78. The summed E-state index contributed by atoms with van der Waals surface area (Å²) in [5.41, 5.74) is 8.06. The number of rotatable bonds is 3. The summed E-state index contributed by atoms with van der Waals surface area (Å²) in [6.45, 7) is 0. The van der Waals surface area contributed by atoms with Gasteiger partial charge in [0.15, 0.2) is 0 Å². The molecule has 2 N–H and O–H groups in total. The predicted octanol–water partition coefficient (Wildman–Crippen LogP) is 3.99. The third-order valence-electron chi connectivity index (χ3n) is 2.78. The lowest BCUT2D eigenvalue weighted by molar-refractivity contribution is 0.628. The molecule has 0 saturated heterocycles. The highest BCUT2D eigenvalue weighted by atomic mass is 79.9. The van der Waals surface area contributed by atoms with Gasteiger partial charge in [0.25, 0.3) is 0 Å². The molecule has 0 heterocycles. The summed E-state index contributed by atoms with van der Waals surface area (Å²) in [6, 6.07) is 12.0. The van der Waals surface area contributed by atoms with Gasteiger partial charge in [-0.2, -0.15) is 0 Å². The largest absolute Gasteiger partial charge is 0.389 e. The Morgan fingerprint density at radius 3 is 2.63 bits per heavy atom. The standard InChI is InChI=1S/C14H12BrFN2S/c1-18(11-4-2-3-10(16)8-11)13-6-5-9(15)7-12(13)14(17)19/h2-8H,1H3,(H2,17,19). The summed E-state index contributed by atoms with van der Waals surface area (Å²) >= 11 is 8.45. The van der Waals surface area contributed by atoms with Crippen molar-refractivity contribution in [3.8, 4) is 0 Å². The van der Waals surface area contributed by atoms with Gasteiger partial charge in [0.2, 0.25) is 0 Å². The van der Waals surface area contributed by atoms with Crippen LogP contribution in [0, 0.1) is 5.82 Å². The minimum atomic E-state index is -0.279. The number of anilines is 2. The fourth-order valence-electron chi connectivity index (χ4n) is 1.82. The van der Waals surface area contributed by atoms with Crippen LogP contribution in [-0.2, 0) is 0 Å². The van der Waals surface area contributed by atoms with E-state index in [1.54, 1.807) is 6.07 Å². The molecule has 0 amide bonds. The molecule has 98 valence electrons. The molecule has 0 aliphatic carbocycles. The molecule has 0 unspecified atom stereocenters. The van der Waals surface area contributed by atoms with Crippen LogP contribution in [-0.4, -0.2) is 12.0 Å². The molecule has 0 saturated carbocycles. The van der Waals surface area contributed by atoms with E-state index < -0.39 is 0 Å². The zero-order valence-corrected chi connectivity index (χ0v) is 12.6. The lowest BCUT2D eigenvalue weighted by Gasteiger charge is -2.22. The Bertz CT molecular complexity index is 631. The Morgan fingerprint density at radius 1 is 1.26 bits per heavy atom. The third-order valence-corrected chi connectivity index (χ3v) is 3.49. The van der Waals surface area contributed by atoms with Crippen molar-refractivity contribution >= 4 is 44.5 Å². The van der Waals surface area contributed by atoms with Gasteiger partial charge in [-0.3, -0.25) is 0 Å². The maximum Gasteiger partial charge on any atom is 0.125 e. The molecule has 0 radical (unpaired) electrons. The zero-order valence-electron chi connectivity index (χ0n) is 10.2. The lowest BCUT2D eigenvalue weighted by Crippen LogP contribution is -2.17. The van der Waals surface area contributed by atoms with Gasteiger partial charge in [-0.15, -0.1) is 0 Å². The fourth-order valence-corrected chi connectivity index (χ4v) is 2.35. The van der Waals surface area contributed by atoms with Crippen LogP contribution in [0.5, 0.6) is 0 Å². The zero-order chi connectivity index (χ0) is 14.0. The molecule has 2 nitrogen and oxygen atoms in total. The first-order chi connectivity index (χ1) is 8.99. The van der Waals surface area contributed by atoms with E-state index in [0.717, 1.165) is 21.4 Å². The van der Waals surface area contributed by atoms with Crippen LogP contribution in [0.25, 0.3) is 0 Å². The van der Waals surface area contributed by atoms with Gasteiger partial charge in [0.1, 0.15) is 10.8 Å². The summed E-state index contributed by atoms with van der Waals surface area (Å²) in [6.07, 6.45) is 0. The minimum absolute atomic E-state index is 0.279. The molecule has 0 spiro atoms. The van der Waals surface area contributed by atoms with Gasteiger partial charge in [-0.1, -0.05) is 34.2 Å². The topological polar surface area (TPSA) is 29.3 Å². The van der Waals surface area contributed by atoms with Crippen molar-refractivity contribution in [3.05, 3.63) is 58.3 Å². The Balaban J connectivity index is 2.49. The quantitative estimate of drug-likeness (QED) is 0.858. The van der Waals surface area contributed by atoms with E-state index in [-0.39, 0.29) is 5.82 Å². The monoisotopic (exact) mass is 338 g/mol. The number of nitrogens with zero attached hydrogens (tertiary/aromatic N) is 1. The van der Waals surface area contributed by atoms with Crippen molar-refractivity contribution in [3.63, 3.8) is 0 Å². The van der Waals surface area contributed by atoms with Crippen LogP contribution in [0.4, 0.5) is 15.8 Å². The highest BCUT2D eigenvalue weighted by molar-refractivity contribution is 9.10. The molecule has 0 aliphatic heterocycles. The first-order valence-electron chi connectivity index (χ1n) is 5.57. The van der Waals surface area contributed by atoms with Gasteiger partial charge in [-0.25, -0.2) is 4.39 Å². The van der Waals surface area contributed by atoms with Crippen molar-refractivity contribution in [2.75, 3.05) is 11.9 Å². The predicted molar refractivity (Wildman–Crippen MR) is 84.5 cm³/mol. The van der Waals surface area contributed by atoms with Crippen molar-refractivity contribution < 1.29 is 4.39 Å². The average molecular weight is 339 g/mol. The van der Waals surface area contributed by atoms with Crippen LogP contribution >= 0.6 is 28.1 Å². The smallest absolute Gasteiger partial charge is 0.125 e. The van der Waals surface area contributed by atoms with E-state index in [4.69, 9.17) is 18.0 Å². The second-order valence-corrected chi connectivity index (χ2v) is 5.42. The van der Waals surface area contributed by atoms with E-state index in [9.17, 15) is 4.39 Å². The highest BCUT2D eigenvalue weighted by Crippen LogP contribution is 2.29. The maximum atomic E-state index is 13.3. The number of nitrogens with two attached hydrogens (primary N) is 1. The molecule has 0 aromatic heterocycles. The van der Waals surface area contributed by atoms with Crippen molar-refractivity contribution in [1.82, 2.24) is 0 Å². The fraction of sp³-hybridized carbons (Fsp3) is 0.0714. The van der Waals surface area contributed by atoms with Gasteiger partial charge < -0.3 is 10.6 Å². The Hall–Kier alpha value is -1.46. The van der Waals surface area contributed by atoms with E-state index >= 15 is 0 Å². The molecular weight excluding hydrogens is 327 g/mol. The Kier molecular flexibility index (Phi) is 4.17. The Morgan fingerprint density at radius 2 is 2.00 bits per heavy atom. The molecule has 2 rings (SSSR count). The van der Waals surface area contributed by atoms with Crippen LogP contribution in [0.2, 0.25) is 0 Å².